The van der Waals surface area contributed by atoms with E-state index in [0.29, 0.717) is 36.2 Å². The van der Waals surface area contributed by atoms with Crippen molar-refractivity contribution in [1.29, 1.82) is 0 Å². The van der Waals surface area contributed by atoms with Gasteiger partial charge in [-0.2, -0.15) is 12.6 Å². The topological polar surface area (TPSA) is 76.1 Å². The second-order valence-electron chi connectivity index (χ2n) is 4.73. The number of rotatable bonds is 5. The maximum absolute atomic E-state index is 12.3. The number of carboxylic acid groups (broad SMARTS) is 1. The second-order valence-corrected chi connectivity index (χ2v) is 5.09. The van der Waals surface area contributed by atoms with Crippen molar-refractivity contribution in [2.24, 2.45) is 5.92 Å². The Morgan fingerprint density at radius 2 is 2.00 bits per heavy atom. The van der Waals surface area contributed by atoms with Crippen LogP contribution >= 0.6 is 12.6 Å². The van der Waals surface area contributed by atoms with Crippen LogP contribution in [0.4, 0.5) is 5.69 Å². The summed E-state index contributed by atoms with van der Waals surface area (Å²) in [6.45, 7) is 2.20. The number of carbonyl (C=O) groups is 2. The van der Waals surface area contributed by atoms with E-state index in [0.717, 1.165) is 0 Å². The number of carbonyl (C=O) groups excluding carboxylic acids is 1. The molecule has 0 saturated carbocycles. The standard InChI is InChI=1S/C14H17NO5S/c1-9(8-21)14(18)15(7-13(16)17)10-2-3-11-12(6-10)20-5-4-19-11/h2-3,6,9,21H,4-5,7-8H2,1H3,(H,16,17). The quantitative estimate of drug-likeness (QED) is 0.805. The highest BCUT2D eigenvalue weighted by molar-refractivity contribution is 7.80. The molecule has 2 rings (SSSR count). The van der Waals surface area contributed by atoms with Crippen molar-refractivity contribution in [2.45, 2.75) is 6.92 Å². The molecular formula is C14H17NO5S. The van der Waals surface area contributed by atoms with E-state index in [-0.39, 0.29) is 11.8 Å². The summed E-state index contributed by atoms with van der Waals surface area (Å²) in [5.41, 5.74) is 0.472. The number of hydrogen-bond donors (Lipinski definition) is 2. The summed E-state index contributed by atoms with van der Waals surface area (Å²) in [5, 5.41) is 9.02. The molecule has 0 fully saturated rings. The van der Waals surface area contributed by atoms with Crippen LogP contribution in [0.3, 0.4) is 0 Å². The molecule has 1 amide bonds. The van der Waals surface area contributed by atoms with Crippen molar-refractivity contribution in [3.63, 3.8) is 0 Å². The molecule has 0 aliphatic carbocycles. The second kappa shape index (κ2) is 6.71. The molecule has 1 N–H and O–H groups in total. The average molecular weight is 311 g/mol. The lowest BCUT2D eigenvalue weighted by Gasteiger charge is -2.26. The van der Waals surface area contributed by atoms with Crippen LogP contribution in [0.25, 0.3) is 0 Å². The van der Waals surface area contributed by atoms with E-state index < -0.39 is 12.5 Å². The van der Waals surface area contributed by atoms with Crippen molar-refractivity contribution in [3.8, 4) is 11.5 Å². The normalized spacial score (nSPS) is 14.4. The van der Waals surface area contributed by atoms with Crippen LogP contribution in [-0.4, -0.2) is 42.5 Å². The first kappa shape index (κ1) is 15.5. The number of nitrogens with zero attached hydrogens (tertiary/aromatic N) is 1. The highest BCUT2D eigenvalue weighted by Gasteiger charge is 2.24. The lowest BCUT2D eigenvalue weighted by Crippen LogP contribution is -2.39. The number of benzene rings is 1. The summed E-state index contributed by atoms with van der Waals surface area (Å²) >= 11 is 4.09. The number of amides is 1. The van der Waals surface area contributed by atoms with E-state index >= 15 is 0 Å². The minimum absolute atomic E-state index is 0.288. The van der Waals surface area contributed by atoms with Gasteiger partial charge in [0.1, 0.15) is 19.8 Å². The fourth-order valence-corrected chi connectivity index (χ4v) is 2.13. The molecular weight excluding hydrogens is 294 g/mol. The zero-order chi connectivity index (χ0) is 15.4. The van der Waals surface area contributed by atoms with E-state index in [1.165, 1.54) is 4.90 Å². The van der Waals surface area contributed by atoms with Gasteiger partial charge in [-0.05, 0) is 12.1 Å². The molecule has 0 radical (unpaired) electrons. The fraction of sp³-hybridized carbons (Fsp3) is 0.429. The van der Waals surface area contributed by atoms with Gasteiger partial charge in [-0.15, -0.1) is 0 Å². The van der Waals surface area contributed by atoms with Gasteiger partial charge in [0.15, 0.2) is 11.5 Å². The molecule has 1 heterocycles. The summed E-state index contributed by atoms with van der Waals surface area (Å²) in [4.78, 5) is 24.6. The van der Waals surface area contributed by atoms with Crippen molar-refractivity contribution in [1.82, 2.24) is 0 Å². The summed E-state index contributed by atoms with van der Waals surface area (Å²) in [7, 11) is 0. The number of anilines is 1. The Hall–Kier alpha value is -1.89. The molecule has 21 heavy (non-hydrogen) atoms. The molecule has 7 heteroatoms. The van der Waals surface area contributed by atoms with E-state index in [2.05, 4.69) is 12.6 Å². The van der Waals surface area contributed by atoms with Gasteiger partial charge in [0.05, 0.1) is 0 Å². The first-order valence-corrected chi connectivity index (χ1v) is 7.20. The Labute approximate surface area is 128 Å². The molecule has 1 aromatic rings. The van der Waals surface area contributed by atoms with Gasteiger partial charge in [0, 0.05) is 23.4 Å². The Morgan fingerprint density at radius 1 is 1.33 bits per heavy atom. The molecule has 0 spiro atoms. The Bertz CT molecular complexity index is 548. The van der Waals surface area contributed by atoms with Crippen molar-refractivity contribution in [3.05, 3.63) is 18.2 Å². The average Bonchev–Trinajstić information content (AvgIpc) is 2.50. The SMILES string of the molecule is CC(CS)C(=O)N(CC(=O)O)c1ccc2c(c1)OCCO2. The van der Waals surface area contributed by atoms with Crippen LogP contribution < -0.4 is 14.4 Å². The number of hydrogen-bond acceptors (Lipinski definition) is 5. The third-order valence-corrected chi connectivity index (χ3v) is 3.64. The molecule has 1 atom stereocenters. The van der Waals surface area contributed by atoms with E-state index in [1.807, 2.05) is 0 Å². The number of aliphatic carboxylic acids is 1. The van der Waals surface area contributed by atoms with Gasteiger partial charge < -0.3 is 19.5 Å². The highest BCUT2D eigenvalue weighted by Crippen LogP contribution is 2.34. The smallest absolute Gasteiger partial charge is 0.323 e. The Balaban J connectivity index is 2.31. The lowest BCUT2D eigenvalue weighted by atomic mass is 10.1. The number of thiol groups is 1. The van der Waals surface area contributed by atoms with Crippen molar-refractivity contribution in [2.75, 3.05) is 30.4 Å². The number of carboxylic acids is 1. The number of ether oxygens (including phenoxy) is 2. The summed E-state index contributed by atoms with van der Waals surface area (Å²) in [5.74, 6) is -0.288. The maximum Gasteiger partial charge on any atom is 0.323 e. The predicted octanol–water partition coefficient (Wildman–Crippen LogP) is 1.44. The van der Waals surface area contributed by atoms with Crippen molar-refractivity contribution < 1.29 is 24.2 Å². The third kappa shape index (κ3) is 3.60. The largest absolute Gasteiger partial charge is 0.486 e. The molecule has 1 aliphatic heterocycles. The minimum atomic E-state index is -1.08. The first-order chi connectivity index (χ1) is 10.0. The monoisotopic (exact) mass is 311 g/mol. The van der Waals surface area contributed by atoms with Crippen LogP contribution in [0.2, 0.25) is 0 Å². The van der Waals surface area contributed by atoms with Crippen LogP contribution in [-0.2, 0) is 9.59 Å². The molecule has 114 valence electrons. The van der Waals surface area contributed by atoms with E-state index in [4.69, 9.17) is 14.6 Å². The molecule has 1 aromatic carbocycles. The Morgan fingerprint density at radius 3 is 2.62 bits per heavy atom. The highest BCUT2D eigenvalue weighted by atomic mass is 32.1. The zero-order valence-electron chi connectivity index (χ0n) is 11.6. The van der Waals surface area contributed by atoms with Gasteiger partial charge in [-0.25, -0.2) is 0 Å². The zero-order valence-corrected chi connectivity index (χ0v) is 12.5. The van der Waals surface area contributed by atoms with Crippen LogP contribution in [0, 0.1) is 5.92 Å². The van der Waals surface area contributed by atoms with Crippen LogP contribution in [0.5, 0.6) is 11.5 Å². The van der Waals surface area contributed by atoms with Gasteiger partial charge in [-0.1, -0.05) is 6.92 Å². The molecule has 0 aromatic heterocycles. The van der Waals surface area contributed by atoms with Gasteiger partial charge in [-0.3, -0.25) is 9.59 Å². The predicted molar refractivity (Wildman–Crippen MR) is 80.4 cm³/mol. The summed E-state index contributed by atoms with van der Waals surface area (Å²) < 4.78 is 10.9. The summed E-state index contributed by atoms with van der Waals surface area (Å²) in [6.07, 6.45) is 0. The fourth-order valence-electron chi connectivity index (χ4n) is 1.98. The van der Waals surface area contributed by atoms with Crippen LogP contribution in [0.15, 0.2) is 18.2 Å². The molecule has 6 nitrogen and oxygen atoms in total. The third-order valence-electron chi connectivity index (χ3n) is 3.09. The van der Waals surface area contributed by atoms with Gasteiger partial charge >= 0.3 is 5.97 Å². The van der Waals surface area contributed by atoms with Gasteiger partial charge in [0.2, 0.25) is 5.91 Å². The molecule has 0 bridgehead atoms. The first-order valence-electron chi connectivity index (χ1n) is 6.56. The van der Waals surface area contributed by atoms with Crippen LogP contribution in [0.1, 0.15) is 6.92 Å². The number of fused-ring (bicyclic) bond motifs is 1. The minimum Gasteiger partial charge on any atom is -0.486 e. The molecule has 1 unspecified atom stereocenters. The maximum atomic E-state index is 12.3. The lowest BCUT2D eigenvalue weighted by molar-refractivity contribution is -0.137. The molecule has 0 saturated heterocycles. The van der Waals surface area contributed by atoms with Gasteiger partial charge in [0.25, 0.3) is 0 Å². The Kier molecular flexibility index (Phi) is 4.95. The van der Waals surface area contributed by atoms with E-state index in [9.17, 15) is 9.59 Å². The molecule has 1 aliphatic rings. The van der Waals surface area contributed by atoms with E-state index in [1.54, 1.807) is 25.1 Å². The summed E-state index contributed by atoms with van der Waals surface area (Å²) in [6, 6.07) is 4.96. The van der Waals surface area contributed by atoms with Crippen molar-refractivity contribution >= 4 is 30.2 Å².